The summed E-state index contributed by atoms with van der Waals surface area (Å²) in [5.74, 6) is -3.88. The fraction of sp³-hybridized carbons (Fsp3) is 0.656. The highest BCUT2D eigenvalue weighted by Crippen LogP contribution is 2.28. The number of rotatable bonds is 18. The first-order chi connectivity index (χ1) is 21.5. The predicted molar refractivity (Wildman–Crippen MR) is 175 cm³/mol. The largest absolute Gasteiger partial charge is 0.506 e. The molecule has 1 aromatic rings. The Morgan fingerprint density at radius 3 is 1.91 bits per heavy atom. The van der Waals surface area contributed by atoms with Gasteiger partial charge < -0.3 is 26.0 Å². The highest BCUT2D eigenvalue weighted by Gasteiger charge is 2.41. The van der Waals surface area contributed by atoms with E-state index in [1.807, 2.05) is 41.5 Å². The van der Waals surface area contributed by atoms with E-state index in [0.717, 1.165) is 9.80 Å². The molecule has 14 heteroatoms. The zero-order valence-corrected chi connectivity index (χ0v) is 29.3. The Labute approximate surface area is 273 Å². The summed E-state index contributed by atoms with van der Waals surface area (Å²) in [4.78, 5) is 79.8. The molecular formula is C32H53N5O8P+. The molecule has 5 N–H and O–H groups in total. The van der Waals surface area contributed by atoms with Crippen LogP contribution in [0.5, 0.6) is 0 Å². The number of hydrogen-bond acceptors (Lipinski definition) is 8. The molecule has 1 rings (SSSR count). The fourth-order valence-electron chi connectivity index (χ4n) is 4.91. The first kappa shape index (κ1) is 40.6. The number of amides is 5. The SMILES string of the molecule is CNC(=O)[C@H](CC(C)C)N(CN(C(=O)OCc1ccccc1)C(=O)[C@H](CC(C)C)NC(=O)[C@H](C)N)C(=O)C(CC(C)C)C[P+](=O)O. The molecule has 0 spiro atoms. The van der Waals surface area contributed by atoms with Gasteiger partial charge in [0.1, 0.15) is 25.4 Å². The van der Waals surface area contributed by atoms with E-state index in [-0.39, 0.29) is 49.8 Å². The minimum atomic E-state index is -2.73. The van der Waals surface area contributed by atoms with Crippen LogP contribution in [0.15, 0.2) is 30.3 Å². The van der Waals surface area contributed by atoms with Crippen LogP contribution >= 0.6 is 8.03 Å². The first-order valence-electron chi connectivity index (χ1n) is 15.7. The molecule has 13 nitrogen and oxygen atoms in total. The molecule has 0 fully saturated rings. The molecule has 5 atom stereocenters. The molecule has 0 radical (unpaired) electrons. The van der Waals surface area contributed by atoms with Gasteiger partial charge in [0, 0.05) is 7.05 Å². The topological polar surface area (TPSA) is 188 Å². The third-order valence-electron chi connectivity index (χ3n) is 7.11. The molecule has 0 saturated heterocycles. The minimum absolute atomic E-state index is 0.0493. The van der Waals surface area contributed by atoms with Crippen LogP contribution in [-0.2, 0) is 35.1 Å². The average Bonchev–Trinajstić information content (AvgIpc) is 2.97. The molecule has 0 saturated carbocycles. The third kappa shape index (κ3) is 13.9. The number of nitrogens with two attached hydrogens (primary N) is 1. The maximum Gasteiger partial charge on any atom is 0.506 e. The zero-order chi connectivity index (χ0) is 35.1. The quantitative estimate of drug-likeness (QED) is 0.135. The van der Waals surface area contributed by atoms with Crippen LogP contribution in [0, 0.1) is 23.7 Å². The zero-order valence-electron chi connectivity index (χ0n) is 28.4. The number of carbonyl (C=O) groups excluding carboxylic acids is 5. The van der Waals surface area contributed by atoms with Crippen molar-refractivity contribution < 1.29 is 38.2 Å². The van der Waals surface area contributed by atoms with Crippen molar-refractivity contribution in [1.29, 1.82) is 0 Å². The number of imide groups is 1. The van der Waals surface area contributed by atoms with Gasteiger partial charge in [-0.25, -0.2) is 9.69 Å². The van der Waals surface area contributed by atoms with Crippen LogP contribution in [0.1, 0.15) is 73.3 Å². The summed E-state index contributed by atoms with van der Waals surface area (Å²) < 4.78 is 17.5. The van der Waals surface area contributed by atoms with Crippen LogP contribution in [0.2, 0.25) is 0 Å². The monoisotopic (exact) mass is 666 g/mol. The second-order valence-electron chi connectivity index (χ2n) is 12.9. The number of ether oxygens (including phenoxy) is 1. The van der Waals surface area contributed by atoms with Crippen molar-refractivity contribution in [2.75, 3.05) is 19.9 Å². The Morgan fingerprint density at radius 1 is 0.870 bits per heavy atom. The molecule has 1 aromatic carbocycles. The summed E-state index contributed by atoms with van der Waals surface area (Å²) in [6, 6.07) is 5.49. The number of likely N-dealkylation sites (N-methyl/N-ethyl adjacent to an activating group) is 1. The number of nitrogens with one attached hydrogen (secondary N) is 2. The first-order valence-corrected chi connectivity index (χ1v) is 17.1. The number of benzene rings is 1. The van der Waals surface area contributed by atoms with E-state index in [1.54, 1.807) is 30.3 Å². The second-order valence-corrected chi connectivity index (χ2v) is 13.9. The molecular weight excluding hydrogens is 613 g/mol. The Kier molecular flexibility index (Phi) is 17.6. The van der Waals surface area contributed by atoms with E-state index < -0.39 is 68.5 Å². The minimum Gasteiger partial charge on any atom is -0.444 e. The fourth-order valence-corrected chi connectivity index (χ4v) is 5.59. The summed E-state index contributed by atoms with van der Waals surface area (Å²) in [6.45, 7) is 11.7. The summed E-state index contributed by atoms with van der Waals surface area (Å²) in [7, 11) is -1.32. The molecule has 258 valence electrons. The van der Waals surface area contributed by atoms with E-state index in [4.69, 9.17) is 10.5 Å². The summed E-state index contributed by atoms with van der Waals surface area (Å²) >= 11 is 0. The number of hydrogen-bond donors (Lipinski definition) is 4. The van der Waals surface area contributed by atoms with Gasteiger partial charge in [0.2, 0.25) is 17.7 Å². The second kappa shape index (κ2) is 20.0. The van der Waals surface area contributed by atoms with Gasteiger partial charge in [0.15, 0.2) is 6.16 Å². The van der Waals surface area contributed by atoms with Gasteiger partial charge in [-0.05, 0) is 54.1 Å². The lowest BCUT2D eigenvalue weighted by molar-refractivity contribution is -0.150. The van der Waals surface area contributed by atoms with Crippen LogP contribution in [0.3, 0.4) is 0 Å². The third-order valence-corrected chi connectivity index (χ3v) is 7.86. The standard InChI is InChI=1S/C32H52N5O8P/c1-20(2)14-25(18-46(43)44)30(40)36(27(16-22(5)6)29(39)34-8)19-37(32(42)45-17-24-12-10-9-11-13-24)31(41)26(15-21(3)4)35-28(38)23(7)33/h9-13,20-23,25-27H,14-19,33H2,1-8H3,(H2-,34,35,38,39,43,44)/p+1/t23-,25?,26-,27-/m0/s1. The molecule has 0 aliphatic carbocycles. The van der Waals surface area contributed by atoms with Crippen molar-refractivity contribution in [3.05, 3.63) is 35.9 Å². The smallest absolute Gasteiger partial charge is 0.444 e. The number of carbonyl (C=O) groups is 5. The Bertz CT molecular complexity index is 1180. The molecule has 2 unspecified atom stereocenters. The molecule has 5 amide bonds. The van der Waals surface area contributed by atoms with Gasteiger partial charge >= 0.3 is 14.1 Å². The lowest BCUT2D eigenvalue weighted by Crippen LogP contribution is -2.60. The summed E-state index contributed by atoms with van der Waals surface area (Å²) in [6.07, 6.45) is -0.920. The maximum atomic E-state index is 14.3. The van der Waals surface area contributed by atoms with E-state index in [0.29, 0.717) is 5.56 Å². The van der Waals surface area contributed by atoms with E-state index in [1.165, 1.54) is 14.0 Å². The molecule has 0 aromatic heterocycles. The lowest BCUT2D eigenvalue weighted by Gasteiger charge is -2.37. The van der Waals surface area contributed by atoms with Crippen LogP contribution < -0.4 is 16.4 Å². The average molecular weight is 667 g/mol. The van der Waals surface area contributed by atoms with Crippen LogP contribution in [-0.4, -0.2) is 82.4 Å². The highest BCUT2D eigenvalue weighted by molar-refractivity contribution is 7.38. The van der Waals surface area contributed by atoms with Crippen LogP contribution in [0.4, 0.5) is 4.79 Å². The highest BCUT2D eigenvalue weighted by atomic mass is 31.1. The Hall–Kier alpha value is -3.41. The molecule has 0 heterocycles. The van der Waals surface area contributed by atoms with Gasteiger partial charge in [0.05, 0.1) is 12.0 Å². The van der Waals surface area contributed by atoms with Gasteiger partial charge in [-0.15, -0.1) is 0 Å². The Balaban J connectivity index is 3.79. The van der Waals surface area contributed by atoms with Crippen molar-refractivity contribution in [3.8, 4) is 0 Å². The van der Waals surface area contributed by atoms with Gasteiger partial charge in [-0.3, -0.25) is 19.2 Å². The van der Waals surface area contributed by atoms with Crippen molar-refractivity contribution in [3.63, 3.8) is 0 Å². The van der Waals surface area contributed by atoms with Gasteiger partial charge in [0.25, 0.3) is 5.91 Å². The lowest BCUT2D eigenvalue weighted by atomic mass is 9.95. The van der Waals surface area contributed by atoms with E-state index >= 15 is 0 Å². The van der Waals surface area contributed by atoms with E-state index in [2.05, 4.69) is 10.6 Å². The molecule has 46 heavy (non-hydrogen) atoms. The van der Waals surface area contributed by atoms with Gasteiger partial charge in [-0.1, -0.05) is 71.9 Å². The van der Waals surface area contributed by atoms with Crippen molar-refractivity contribution in [2.24, 2.45) is 29.4 Å². The summed E-state index contributed by atoms with van der Waals surface area (Å²) in [5.41, 5.74) is 6.41. The normalized spacial score (nSPS) is 14.2. The van der Waals surface area contributed by atoms with Crippen molar-refractivity contribution in [2.45, 2.75) is 92.5 Å². The maximum absolute atomic E-state index is 14.3. The molecule has 0 aliphatic heterocycles. The molecule has 0 aliphatic rings. The van der Waals surface area contributed by atoms with E-state index in [9.17, 15) is 33.4 Å². The van der Waals surface area contributed by atoms with Gasteiger partial charge in [-0.2, -0.15) is 4.89 Å². The summed E-state index contributed by atoms with van der Waals surface area (Å²) in [5, 5.41) is 5.17. The number of nitrogens with zero attached hydrogens (tertiary/aromatic N) is 2. The molecule has 0 bridgehead atoms. The Morgan fingerprint density at radius 2 is 1.43 bits per heavy atom. The van der Waals surface area contributed by atoms with Crippen molar-refractivity contribution in [1.82, 2.24) is 20.4 Å². The van der Waals surface area contributed by atoms with Crippen LogP contribution in [0.25, 0.3) is 0 Å². The van der Waals surface area contributed by atoms with Crippen molar-refractivity contribution >= 4 is 37.7 Å². The predicted octanol–water partition coefficient (Wildman–Crippen LogP) is 3.37.